The van der Waals surface area contributed by atoms with Gasteiger partial charge in [-0.2, -0.15) is 0 Å². The summed E-state index contributed by atoms with van der Waals surface area (Å²) in [4.78, 5) is 35.9. The van der Waals surface area contributed by atoms with E-state index >= 15 is 0 Å². The highest BCUT2D eigenvalue weighted by atomic mass is 16.6. The zero-order valence-electron chi connectivity index (χ0n) is 17.0. The number of esters is 1. The number of ether oxygens (including phenoxy) is 2. The fraction of sp³-hybridized carbons (Fsp3) is 0.833. The normalized spacial score (nSPS) is 25.4. The zero-order valence-corrected chi connectivity index (χ0v) is 17.0. The number of carbonyl (C=O) groups is 3. The van der Waals surface area contributed by atoms with Crippen molar-refractivity contribution in [3.05, 3.63) is 0 Å². The zero-order chi connectivity index (χ0) is 21.6. The Morgan fingerprint density at radius 1 is 1.18 bits per heavy atom. The number of amides is 2. The first-order valence-corrected chi connectivity index (χ1v) is 9.21. The van der Waals surface area contributed by atoms with Crippen LogP contribution in [-0.4, -0.2) is 76.9 Å². The molecule has 1 saturated carbocycles. The first-order valence-electron chi connectivity index (χ1n) is 9.21. The molecular weight excluding hydrogens is 372 g/mol. The highest BCUT2D eigenvalue weighted by molar-refractivity contribution is 5.75. The second kappa shape index (κ2) is 10.0. The summed E-state index contributed by atoms with van der Waals surface area (Å²) in [7, 11) is 1.25. The molecule has 162 valence electrons. The minimum atomic E-state index is -1.50. The van der Waals surface area contributed by atoms with Crippen LogP contribution in [0.25, 0.3) is 0 Å². The number of rotatable bonds is 7. The Hall–Kier alpha value is -1.91. The third-order valence-corrected chi connectivity index (χ3v) is 4.63. The second-order valence-corrected chi connectivity index (χ2v) is 8.07. The van der Waals surface area contributed by atoms with E-state index in [1.54, 1.807) is 20.8 Å². The van der Waals surface area contributed by atoms with Gasteiger partial charge in [0.15, 0.2) is 0 Å². The van der Waals surface area contributed by atoms with Gasteiger partial charge in [0.1, 0.15) is 17.8 Å². The highest BCUT2D eigenvalue weighted by Gasteiger charge is 2.46. The lowest BCUT2D eigenvalue weighted by atomic mass is 9.87. The van der Waals surface area contributed by atoms with Crippen molar-refractivity contribution in [2.75, 3.05) is 13.7 Å². The van der Waals surface area contributed by atoms with Crippen LogP contribution in [0.2, 0.25) is 0 Å². The molecule has 1 aliphatic carbocycles. The standard InChI is InChI=1S/C18H32N2O8/c1-9(22)19-14(15(24)13(23)8-21)11-6-10(16(25)27-5)7-12(11)20-17(26)28-18(2,3)4/h10-15,21,23-24H,6-8H2,1-5H3,(H,19,22)(H,20,26). The van der Waals surface area contributed by atoms with Gasteiger partial charge < -0.3 is 35.4 Å². The van der Waals surface area contributed by atoms with Gasteiger partial charge in [0.05, 0.1) is 25.7 Å². The van der Waals surface area contributed by atoms with Crippen molar-refractivity contribution < 1.29 is 39.2 Å². The van der Waals surface area contributed by atoms with E-state index in [0.29, 0.717) is 0 Å². The van der Waals surface area contributed by atoms with Crippen molar-refractivity contribution in [1.29, 1.82) is 0 Å². The van der Waals surface area contributed by atoms with Crippen LogP contribution in [0.15, 0.2) is 0 Å². The Morgan fingerprint density at radius 2 is 1.79 bits per heavy atom. The monoisotopic (exact) mass is 404 g/mol. The molecule has 0 saturated heterocycles. The number of carbonyl (C=O) groups excluding carboxylic acids is 3. The van der Waals surface area contributed by atoms with E-state index in [4.69, 9.17) is 14.6 Å². The summed E-state index contributed by atoms with van der Waals surface area (Å²) in [6.07, 6.45) is -3.29. The summed E-state index contributed by atoms with van der Waals surface area (Å²) in [6, 6.07) is -1.63. The lowest BCUT2D eigenvalue weighted by Crippen LogP contribution is -2.57. The number of aliphatic hydroxyl groups excluding tert-OH is 3. The molecule has 6 atom stereocenters. The van der Waals surface area contributed by atoms with Gasteiger partial charge in [0.2, 0.25) is 5.91 Å². The first kappa shape index (κ1) is 24.1. The third kappa shape index (κ3) is 6.92. The molecular formula is C18H32N2O8. The van der Waals surface area contributed by atoms with Gasteiger partial charge in [-0.05, 0) is 33.6 Å². The van der Waals surface area contributed by atoms with E-state index in [2.05, 4.69) is 10.6 Å². The quantitative estimate of drug-likeness (QED) is 0.349. The van der Waals surface area contributed by atoms with E-state index in [-0.39, 0.29) is 12.8 Å². The van der Waals surface area contributed by atoms with Crippen molar-refractivity contribution >= 4 is 18.0 Å². The minimum Gasteiger partial charge on any atom is -0.469 e. The molecule has 10 heteroatoms. The van der Waals surface area contributed by atoms with E-state index in [9.17, 15) is 24.6 Å². The topological polar surface area (TPSA) is 154 Å². The van der Waals surface area contributed by atoms with E-state index in [1.165, 1.54) is 14.0 Å². The summed E-state index contributed by atoms with van der Waals surface area (Å²) >= 11 is 0. The van der Waals surface area contributed by atoms with E-state index < -0.39 is 66.3 Å². The van der Waals surface area contributed by atoms with Crippen LogP contribution in [0, 0.1) is 11.8 Å². The SMILES string of the molecule is COC(=O)C1CC(NC(=O)OC(C)(C)C)C(C(NC(C)=O)C(O)C(O)CO)C1. The van der Waals surface area contributed by atoms with Gasteiger partial charge in [0, 0.05) is 18.9 Å². The average Bonchev–Trinajstić information content (AvgIpc) is 2.99. The second-order valence-electron chi connectivity index (χ2n) is 8.07. The van der Waals surface area contributed by atoms with Gasteiger partial charge in [-0.25, -0.2) is 4.79 Å². The number of nitrogens with one attached hydrogen (secondary N) is 2. The number of hydrogen-bond donors (Lipinski definition) is 5. The summed E-state index contributed by atoms with van der Waals surface area (Å²) in [5, 5.41) is 34.7. The van der Waals surface area contributed by atoms with Crippen LogP contribution in [0.3, 0.4) is 0 Å². The van der Waals surface area contributed by atoms with Crippen LogP contribution < -0.4 is 10.6 Å². The smallest absolute Gasteiger partial charge is 0.407 e. The Balaban J connectivity index is 3.11. The lowest BCUT2D eigenvalue weighted by molar-refractivity contribution is -0.145. The number of aliphatic hydroxyl groups is 3. The van der Waals surface area contributed by atoms with Gasteiger partial charge in [-0.15, -0.1) is 0 Å². The molecule has 0 radical (unpaired) electrons. The molecule has 5 N–H and O–H groups in total. The van der Waals surface area contributed by atoms with Gasteiger partial charge in [-0.1, -0.05) is 0 Å². The summed E-state index contributed by atoms with van der Waals surface area (Å²) < 4.78 is 10.0. The largest absolute Gasteiger partial charge is 0.469 e. The molecule has 28 heavy (non-hydrogen) atoms. The van der Waals surface area contributed by atoms with Gasteiger partial charge in [0.25, 0.3) is 0 Å². The summed E-state index contributed by atoms with van der Waals surface area (Å²) in [5.74, 6) is -2.11. The fourth-order valence-electron chi connectivity index (χ4n) is 3.48. The predicted octanol–water partition coefficient (Wildman–Crippen LogP) is -0.702. The third-order valence-electron chi connectivity index (χ3n) is 4.63. The lowest BCUT2D eigenvalue weighted by Gasteiger charge is -2.34. The molecule has 1 rings (SSSR count). The number of alkyl carbamates (subject to hydrolysis) is 1. The molecule has 0 bridgehead atoms. The molecule has 6 unspecified atom stereocenters. The molecule has 0 aliphatic heterocycles. The maximum absolute atomic E-state index is 12.2. The molecule has 10 nitrogen and oxygen atoms in total. The Morgan fingerprint density at radius 3 is 2.25 bits per heavy atom. The maximum Gasteiger partial charge on any atom is 0.407 e. The van der Waals surface area contributed by atoms with E-state index in [1.807, 2.05) is 0 Å². The molecule has 0 heterocycles. The van der Waals surface area contributed by atoms with Crippen LogP contribution >= 0.6 is 0 Å². The minimum absolute atomic E-state index is 0.202. The van der Waals surface area contributed by atoms with Crippen molar-refractivity contribution in [1.82, 2.24) is 10.6 Å². The van der Waals surface area contributed by atoms with Crippen molar-refractivity contribution in [2.45, 2.75) is 70.4 Å². The Kier molecular flexibility index (Phi) is 8.65. The molecule has 0 aromatic heterocycles. The Bertz CT molecular complexity index is 562. The first-order chi connectivity index (χ1) is 12.9. The van der Waals surface area contributed by atoms with Crippen LogP contribution in [0.4, 0.5) is 4.79 Å². The van der Waals surface area contributed by atoms with Crippen LogP contribution in [0.5, 0.6) is 0 Å². The Labute approximate surface area is 164 Å². The van der Waals surface area contributed by atoms with Crippen molar-refractivity contribution in [3.63, 3.8) is 0 Å². The van der Waals surface area contributed by atoms with E-state index in [0.717, 1.165) is 0 Å². The average molecular weight is 404 g/mol. The van der Waals surface area contributed by atoms with Gasteiger partial charge >= 0.3 is 12.1 Å². The van der Waals surface area contributed by atoms with Crippen LogP contribution in [0.1, 0.15) is 40.5 Å². The maximum atomic E-state index is 12.2. The van der Waals surface area contributed by atoms with Crippen LogP contribution in [-0.2, 0) is 19.1 Å². The number of methoxy groups -OCH3 is 1. The molecule has 2 amide bonds. The molecule has 1 aliphatic rings. The predicted molar refractivity (Wildman–Crippen MR) is 98.1 cm³/mol. The molecule has 1 fully saturated rings. The molecule has 0 aromatic rings. The molecule has 0 spiro atoms. The molecule has 0 aromatic carbocycles. The number of hydrogen-bond acceptors (Lipinski definition) is 8. The summed E-state index contributed by atoms with van der Waals surface area (Å²) in [5.41, 5.74) is -0.733. The highest BCUT2D eigenvalue weighted by Crippen LogP contribution is 2.36. The summed E-state index contributed by atoms with van der Waals surface area (Å²) in [6.45, 7) is 5.65. The van der Waals surface area contributed by atoms with Gasteiger partial charge in [-0.3, -0.25) is 9.59 Å². The van der Waals surface area contributed by atoms with Crippen molar-refractivity contribution in [2.24, 2.45) is 11.8 Å². The van der Waals surface area contributed by atoms with Crippen molar-refractivity contribution in [3.8, 4) is 0 Å². The fourth-order valence-corrected chi connectivity index (χ4v) is 3.48.